The molecule has 3 aromatic rings. The molecule has 0 saturated carbocycles. The lowest BCUT2D eigenvalue weighted by atomic mass is 10.2. The summed E-state index contributed by atoms with van der Waals surface area (Å²) in [7, 11) is 1.83. The average Bonchev–Trinajstić information content (AvgIpc) is 2.85. The molecule has 0 atom stereocenters. The van der Waals surface area contributed by atoms with Crippen LogP contribution in [0.2, 0.25) is 0 Å². The largest absolute Gasteiger partial charge is 0.473 e. The van der Waals surface area contributed by atoms with Gasteiger partial charge in [-0.3, -0.25) is 4.99 Å². The zero-order valence-electron chi connectivity index (χ0n) is 17.8. The van der Waals surface area contributed by atoms with Gasteiger partial charge in [-0.1, -0.05) is 36.4 Å². The van der Waals surface area contributed by atoms with Crippen LogP contribution in [0.25, 0.3) is 0 Å². The minimum atomic E-state index is 0.507. The Morgan fingerprint density at radius 3 is 2.48 bits per heavy atom. The van der Waals surface area contributed by atoms with Crippen molar-refractivity contribution in [2.45, 2.75) is 13.2 Å². The number of aromatic nitrogens is 2. The number of nitrogens with one attached hydrogen (secondary N) is 1. The van der Waals surface area contributed by atoms with Gasteiger partial charge < -0.3 is 19.9 Å². The number of pyridine rings is 2. The van der Waals surface area contributed by atoms with Crippen LogP contribution in [0.15, 0.2) is 78.0 Å². The summed E-state index contributed by atoms with van der Waals surface area (Å²) in [5.41, 5.74) is 2.23. The highest BCUT2D eigenvalue weighted by Gasteiger charge is 2.20. The van der Waals surface area contributed by atoms with Crippen LogP contribution in [0.4, 0.5) is 5.82 Å². The molecular weight excluding hydrogens is 388 g/mol. The highest BCUT2D eigenvalue weighted by molar-refractivity contribution is 5.80. The van der Waals surface area contributed by atoms with E-state index in [9.17, 15) is 0 Å². The second-order valence-corrected chi connectivity index (χ2v) is 7.34. The molecule has 0 spiro atoms. The number of nitrogens with zero attached hydrogens (tertiary/aromatic N) is 5. The number of piperazine rings is 1. The highest BCUT2D eigenvalue weighted by atomic mass is 16.5. The number of hydrogen-bond acceptors (Lipinski definition) is 5. The number of hydrogen-bond donors (Lipinski definition) is 1. The first kappa shape index (κ1) is 20.7. The van der Waals surface area contributed by atoms with Gasteiger partial charge in [0.15, 0.2) is 5.96 Å². The Bertz CT molecular complexity index is 972. The van der Waals surface area contributed by atoms with Gasteiger partial charge in [0.1, 0.15) is 12.4 Å². The van der Waals surface area contributed by atoms with Crippen LogP contribution < -0.4 is 15.0 Å². The van der Waals surface area contributed by atoms with Crippen LogP contribution >= 0.6 is 0 Å². The lowest BCUT2D eigenvalue weighted by Gasteiger charge is -2.37. The molecule has 0 radical (unpaired) electrons. The van der Waals surface area contributed by atoms with E-state index in [4.69, 9.17) is 4.74 Å². The van der Waals surface area contributed by atoms with Crippen LogP contribution in [0.5, 0.6) is 5.88 Å². The Balaban J connectivity index is 1.28. The zero-order valence-corrected chi connectivity index (χ0v) is 17.8. The van der Waals surface area contributed by atoms with Gasteiger partial charge in [-0.15, -0.1) is 0 Å². The van der Waals surface area contributed by atoms with E-state index < -0.39 is 0 Å². The van der Waals surface area contributed by atoms with Crippen LogP contribution in [0.3, 0.4) is 0 Å². The maximum absolute atomic E-state index is 5.85. The summed E-state index contributed by atoms with van der Waals surface area (Å²) < 4.78 is 5.85. The first-order valence-corrected chi connectivity index (χ1v) is 10.5. The van der Waals surface area contributed by atoms with E-state index in [1.807, 2.05) is 67.8 Å². The Hall–Kier alpha value is -3.61. The van der Waals surface area contributed by atoms with Crippen molar-refractivity contribution in [1.82, 2.24) is 20.2 Å². The highest BCUT2D eigenvalue weighted by Crippen LogP contribution is 2.14. The molecule has 1 N–H and O–H groups in total. The quantitative estimate of drug-likeness (QED) is 0.492. The van der Waals surface area contributed by atoms with Crippen molar-refractivity contribution in [3.05, 3.63) is 84.2 Å². The molecule has 1 aliphatic rings. The van der Waals surface area contributed by atoms with Crippen LogP contribution in [-0.4, -0.2) is 54.1 Å². The molecule has 7 nitrogen and oxygen atoms in total. The summed E-state index contributed by atoms with van der Waals surface area (Å²) >= 11 is 0. The zero-order chi connectivity index (χ0) is 21.3. The van der Waals surface area contributed by atoms with E-state index in [1.54, 1.807) is 6.20 Å². The molecule has 0 amide bonds. The molecule has 1 aliphatic heterocycles. The monoisotopic (exact) mass is 416 g/mol. The minimum absolute atomic E-state index is 0.507. The molecule has 0 bridgehead atoms. The molecule has 1 fully saturated rings. The van der Waals surface area contributed by atoms with Crippen LogP contribution in [0, 0.1) is 0 Å². The van der Waals surface area contributed by atoms with E-state index in [-0.39, 0.29) is 0 Å². The first-order chi connectivity index (χ1) is 15.3. The van der Waals surface area contributed by atoms with E-state index >= 15 is 0 Å². The maximum atomic E-state index is 5.85. The van der Waals surface area contributed by atoms with Gasteiger partial charge in [-0.25, -0.2) is 9.97 Å². The van der Waals surface area contributed by atoms with Gasteiger partial charge in [0, 0.05) is 58.2 Å². The summed E-state index contributed by atoms with van der Waals surface area (Å²) in [6.45, 7) is 4.81. The number of aliphatic imine (C=N–C) groups is 1. The van der Waals surface area contributed by atoms with Crippen molar-refractivity contribution in [1.29, 1.82) is 0 Å². The summed E-state index contributed by atoms with van der Waals surface area (Å²) in [6.07, 6.45) is 3.63. The lowest BCUT2D eigenvalue weighted by Crippen LogP contribution is -2.52. The molecule has 4 rings (SSSR count). The Kier molecular flexibility index (Phi) is 6.95. The van der Waals surface area contributed by atoms with Gasteiger partial charge in [0.25, 0.3) is 0 Å². The molecule has 160 valence electrons. The van der Waals surface area contributed by atoms with E-state index in [0.717, 1.165) is 49.1 Å². The molecule has 1 aromatic carbocycles. The minimum Gasteiger partial charge on any atom is -0.473 e. The Morgan fingerprint density at radius 1 is 0.935 bits per heavy atom. The summed E-state index contributed by atoms with van der Waals surface area (Å²) in [6, 6.07) is 20.1. The van der Waals surface area contributed by atoms with Gasteiger partial charge in [-0.2, -0.15) is 0 Å². The maximum Gasteiger partial charge on any atom is 0.213 e. The van der Waals surface area contributed by atoms with Crippen molar-refractivity contribution in [3.8, 4) is 5.88 Å². The van der Waals surface area contributed by atoms with Crippen molar-refractivity contribution < 1.29 is 4.74 Å². The molecule has 7 heteroatoms. The molecular formula is C24H28N6O. The van der Waals surface area contributed by atoms with Crippen molar-refractivity contribution >= 4 is 11.8 Å². The first-order valence-electron chi connectivity index (χ1n) is 10.5. The molecule has 1 saturated heterocycles. The van der Waals surface area contributed by atoms with E-state index in [0.29, 0.717) is 19.0 Å². The molecule has 0 unspecified atom stereocenters. The standard InChI is InChI=1S/C24H28N6O/c1-25-24(30-15-13-29(14-16-30)22-9-5-6-11-26-22)28-18-21-10-12-27-23(17-21)31-19-20-7-3-2-4-8-20/h2-12,17H,13-16,18-19H2,1H3,(H,25,28). The average molecular weight is 417 g/mol. The molecule has 0 aliphatic carbocycles. The third kappa shape index (κ3) is 5.72. The number of ether oxygens (including phenoxy) is 1. The molecule has 3 heterocycles. The number of rotatable bonds is 6. The summed E-state index contributed by atoms with van der Waals surface area (Å²) in [4.78, 5) is 17.8. The number of guanidine groups is 1. The smallest absolute Gasteiger partial charge is 0.213 e. The Morgan fingerprint density at radius 2 is 1.74 bits per heavy atom. The third-order valence-electron chi connectivity index (χ3n) is 5.24. The van der Waals surface area contributed by atoms with Gasteiger partial charge in [0.05, 0.1) is 0 Å². The summed E-state index contributed by atoms with van der Waals surface area (Å²) in [5, 5.41) is 3.47. The third-order valence-corrected chi connectivity index (χ3v) is 5.24. The van der Waals surface area contributed by atoms with Crippen LogP contribution in [-0.2, 0) is 13.2 Å². The second-order valence-electron chi connectivity index (χ2n) is 7.34. The Labute approximate surface area is 183 Å². The fourth-order valence-electron chi connectivity index (χ4n) is 3.57. The predicted molar refractivity (Wildman–Crippen MR) is 123 cm³/mol. The number of benzene rings is 1. The SMILES string of the molecule is CN=C(NCc1ccnc(OCc2ccccc2)c1)N1CCN(c2ccccn2)CC1. The molecule has 2 aromatic heterocycles. The molecule has 31 heavy (non-hydrogen) atoms. The second kappa shape index (κ2) is 10.4. The van der Waals surface area contributed by atoms with E-state index in [2.05, 4.69) is 36.1 Å². The summed E-state index contributed by atoms with van der Waals surface area (Å²) in [5.74, 6) is 2.57. The normalized spacial score (nSPS) is 14.4. The lowest BCUT2D eigenvalue weighted by molar-refractivity contribution is 0.293. The topological polar surface area (TPSA) is 65.9 Å². The number of anilines is 1. The van der Waals surface area contributed by atoms with Crippen LogP contribution in [0.1, 0.15) is 11.1 Å². The van der Waals surface area contributed by atoms with Crippen molar-refractivity contribution in [2.24, 2.45) is 4.99 Å². The van der Waals surface area contributed by atoms with Gasteiger partial charge in [-0.05, 0) is 29.3 Å². The van der Waals surface area contributed by atoms with Crippen molar-refractivity contribution in [2.75, 3.05) is 38.1 Å². The fraction of sp³-hybridized carbons (Fsp3) is 0.292. The fourth-order valence-corrected chi connectivity index (χ4v) is 3.57. The van der Waals surface area contributed by atoms with Gasteiger partial charge >= 0.3 is 0 Å². The predicted octanol–water partition coefficient (Wildman–Crippen LogP) is 2.95. The van der Waals surface area contributed by atoms with Gasteiger partial charge in [0.2, 0.25) is 5.88 Å². The van der Waals surface area contributed by atoms with Crippen molar-refractivity contribution in [3.63, 3.8) is 0 Å². The van der Waals surface area contributed by atoms with E-state index in [1.165, 1.54) is 0 Å².